The average molecular weight is 332 g/mol. The number of nitrogens with zero attached hydrogens (tertiary/aromatic N) is 1. The maximum Gasteiger partial charge on any atom is 0.254 e. The largest absolute Gasteiger partial charge is 0.409 e. The van der Waals surface area contributed by atoms with Gasteiger partial charge in [0.05, 0.1) is 5.56 Å². The van der Waals surface area contributed by atoms with Gasteiger partial charge in [-0.2, -0.15) is 0 Å². The monoisotopic (exact) mass is 331 g/mol. The Hall–Kier alpha value is -1.63. The molecule has 0 bridgehead atoms. The Morgan fingerprint density at radius 1 is 1.58 bits per heavy atom. The van der Waals surface area contributed by atoms with Gasteiger partial charge in [0.15, 0.2) is 0 Å². The standard InChI is InChI=1S/C12H15BrFN3O2/c1-12(2,11(15)17-19)6-16-10(18)8-4-3-7(13)5-9(8)14/h3-5,19H,6H2,1-2H3,(H2,15,17)(H,16,18). The lowest BCUT2D eigenvalue weighted by Gasteiger charge is -2.23. The Bertz CT molecular complexity index is 518. The Kier molecular flexibility index (Phi) is 4.88. The average Bonchev–Trinajstić information content (AvgIpc) is 2.35. The van der Waals surface area contributed by atoms with E-state index in [1.165, 1.54) is 12.1 Å². The van der Waals surface area contributed by atoms with Crippen molar-refractivity contribution in [1.82, 2.24) is 5.32 Å². The van der Waals surface area contributed by atoms with E-state index in [4.69, 9.17) is 10.9 Å². The maximum atomic E-state index is 13.6. The van der Waals surface area contributed by atoms with E-state index in [-0.39, 0.29) is 17.9 Å². The van der Waals surface area contributed by atoms with Gasteiger partial charge in [-0.05, 0) is 18.2 Å². The van der Waals surface area contributed by atoms with Crippen molar-refractivity contribution in [2.45, 2.75) is 13.8 Å². The molecule has 0 saturated heterocycles. The van der Waals surface area contributed by atoms with Crippen molar-refractivity contribution < 1.29 is 14.4 Å². The number of hydrogen-bond acceptors (Lipinski definition) is 3. The molecule has 1 aromatic rings. The van der Waals surface area contributed by atoms with Crippen LogP contribution in [0.15, 0.2) is 27.8 Å². The number of rotatable bonds is 4. The molecule has 1 rings (SSSR count). The summed E-state index contributed by atoms with van der Waals surface area (Å²) in [5.41, 5.74) is 4.71. The van der Waals surface area contributed by atoms with E-state index in [1.54, 1.807) is 19.9 Å². The minimum atomic E-state index is -0.726. The summed E-state index contributed by atoms with van der Waals surface area (Å²) in [5.74, 6) is -1.18. The Balaban J connectivity index is 2.76. The summed E-state index contributed by atoms with van der Waals surface area (Å²) in [5, 5.41) is 14.1. The van der Waals surface area contributed by atoms with E-state index in [2.05, 4.69) is 26.4 Å². The topological polar surface area (TPSA) is 87.7 Å². The number of halogens is 2. The molecule has 4 N–H and O–H groups in total. The Morgan fingerprint density at radius 3 is 2.74 bits per heavy atom. The normalized spacial score (nSPS) is 12.3. The lowest BCUT2D eigenvalue weighted by atomic mass is 9.92. The first-order valence-corrected chi connectivity index (χ1v) is 6.28. The third kappa shape index (κ3) is 3.92. The molecule has 0 aliphatic carbocycles. The first kappa shape index (κ1) is 15.4. The number of carbonyl (C=O) groups is 1. The van der Waals surface area contributed by atoms with Crippen LogP contribution in [0, 0.1) is 11.2 Å². The smallest absolute Gasteiger partial charge is 0.254 e. The fourth-order valence-electron chi connectivity index (χ4n) is 1.30. The van der Waals surface area contributed by atoms with Crippen LogP contribution in [0.1, 0.15) is 24.2 Å². The molecule has 0 spiro atoms. The second-order valence-corrected chi connectivity index (χ2v) is 5.59. The van der Waals surface area contributed by atoms with Gasteiger partial charge in [0.1, 0.15) is 11.7 Å². The number of amidine groups is 1. The third-order valence-corrected chi connectivity index (χ3v) is 3.16. The second kappa shape index (κ2) is 6.01. The van der Waals surface area contributed by atoms with Crippen molar-refractivity contribution in [3.05, 3.63) is 34.1 Å². The quantitative estimate of drug-likeness (QED) is 0.341. The molecule has 0 atom stereocenters. The van der Waals surface area contributed by atoms with Crippen LogP contribution in [-0.2, 0) is 0 Å². The van der Waals surface area contributed by atoms with E-state index in [0.717, 1.165) is 0 Å². The van der Waals surface area contributed by atoms with Crippen molar-refractivity contribution >= 4 is 27.7 Å². The molecule has 0 unspecified atom stereocenters. The first-order chi connectivity index (χ1) is 8.77. The van der Waals surface area contributed by atoms with Crippen molar-refractivity contribution in [2.75, 3.05) is 6.54 Å². The number of benzene rings is 1. The second-order valence-electron chi connectivity index (χ2n) is 4.68. The van der Waals surface area contributed by atoms with Gasteiger partial charge >= 0.3 is 0 Å². The number of hydrogen-bond donors (Lipinski definition) is 3. The summed E-state index contributed by atoms with van der Waals surface area (Å²) in [7, 11) is 0. The molecule has 19 heavy (non-hydrogen) atoms. The number of oxime groups is 1. The van der Waals surface area contributed by atoms with E-state index < -0.39 is 17.1 Å². The molecule has 0 radical (unpaired) electrons. The van der Waals surface area contributed by atoms with Gasteiger partial charge < -0.3 is 16.3 Å². The van der Waals surface area contributed by atoms with E-state index in [9.17, 15) is 9.18 Å². The predicted octanol–water partition coefficient (Wildman–Crippen LogP) is 2.09. The zero-order valence-electron chi connectivity index (χ0n) is 10.6. The van der Waals surface area contributed by atoms with Gasteiger partial charge in [-0.3, -0.25) is 4.79 Å². The molecule has 0 heterocycles. The van der Waals surface area contributed by atoms with Gasteiger partial charge in [0.2, 0.25) is 0 Å². The lowest BCUT2D eigenvalue weighted by molar-refractivity contribution is 0.0940. The Labute approximate surface area is 118 Å². The number of nitrogens with two attached hydrogens (primary N) is 1. The zero-order valence-corrected chi connectivity index (χ0v) is 12.2. The molecule has 1 aromatic carbocycles. The fourth-order valence-corrected chi connectivity index (χ4v) is 1.63. The zero-order chi connectivity index (χ0) is 14.6. The summed E-state index contributed by atoms with van der Waals surface area (Å²) >= 11 is 3.11. The van der Waals surface area contributed by atoms with E-state index >= 15 is 0 Å². The molecule has 5 nitrogen and oxygen atoms in total. The van der Waals surface area contributed by atoms with E-state index in [1.807, 2.05) is 0 Å². The van der Waals surface area contributed by atoms with Crippen LogP contribution in [0.25, 0.3) is 0 Å². The SMILES string of the molecule is CC(C)(CNC(=O)c1ccc(Br)cc1F)/C(N)=N/O. The molecule has 7 heteroatoms. The molecule has 0 aromatic heterocycles. The van der Waals surface area contributed by atoms with Crippen LogP contribution in [0.3, 0.4) is 0 Å². The maximum absolute atomic E-state index is 13.6. The van der Waals surface area contributed by atoms with Crippen molar-refractivity contribution in [2.24, 2.45) is 16.3 Å². The molecular formula is C12H15BrFN3O2. The van der Waals surface area contributed by atoms with Crippen LogP contribution in [-0.4, -0.2) is 23.5 Å². The molecule has 0 fully saturated rings. The van der Waals surface area contributed by atoms with Crippen LogP contribution < -0.4 is 11.1 Å². The van der Waals surface area contributed by atoms with Gasteiger partial charge in [-0.1, -0.05) is 34.9 Å². The molecular weight excluding hydrogens is 317 g/mol. The third-order valence-electron chi connectivity index (χ3n) is 2.67. The highest BCUT2D eigenvalue weighted by Crippen LogP contribution is 2.17. The summed E-state index contributed by atoms with van der Waals surface area (Å²) in [4.78, 5) is 11.8. The molecule has 1 amide bonds. The van der Waals surface area contributed by atoms with Crippen LogP contribution in [0.5, 0.6) is 0 Å². The van der Waals surface area contributed by atoms with Gasteiger partial charge in [0.25, 0.3) is 5.91 Å². The Morgan fingerprint density at radius 2 is 2.21 bits per heavy atom. The molecule has 0 saturated carbocycles. The summed E-state index contributed by atoms with van der Waals surface area (Å²) < 4.78 is 14.1. The summed E-state index contributed by atoms with van der Waals surface area (Å²) in [6.45, 7) is 3.51. The highest BCUT2D eigenvalue weighted by Gasteiger charge is 2.25. The fraction of sp³-hybridized carbons (Fsp3) is 0.333. The van der Waals surface area contributed by atoms with Gasteiger partial charge in [-0.25, -0.2) is 4.39 Å². The van der Waals surface area contributed by atoms with Crippen molar-refractivity contribution in [3.8, 4) is 0 Å². The van der Waals surface area contributed by atoms with Gasteiger partial charge in [0, 0.05) is 16.4 Å². The molecule has 0 aliphatic rings. The highest BCUT2D eigenvalue weighted by atomic mass is 79.9. The number of amides is 1. The van der Waals surface area contributed by atoms with Crippen LogP contribution in [0.4, 0.5) is 4.39 Å². The van der Waals surface area contributed by atoms with Crippen LogP contribution >= 0.6 is 15.9 Å². The lowest BCUT2D eigenvalue weighted by Crippen LogP contribution is -2.42. The van der Waals surface area contributed by atoms with Crippen molar-refractivity contribution in [1.29, 1.82) is 0 Å². The minimum Gasteiger partial charge on any atom is -0.409 e. The molecule has 104 valence electrons. The predicted molar refractivity (Wildman–Crippen MR) is 73.6 cm³/mol. The van der Waals surface area contributed by atoms with Crippen LogP contribution in [0.2, 0.25) is 0 Å². The summed E-state index contributed by atoms with van der Waals surface area (Å²) in [6, 6.07) is 4.17. The van der Waals surface area contributed by atoms with Gasteiger partial charge in [-0.15, -0.1) is 0 Å². The summed E-state index contributed by atoms with van der Waals surface area (Å²) in [6.07, 6.45) is 0. The molecule has 0 aliphatic heterocycles. The van der Waals surface area contributed by atoms with E-state index in [0.29, 0.717) is 4.47 Å². The minimum absolute atomic E-state index is 0.0101. The first-order valence-electron chi connectivity index (χ1n) is 5.49. The van der Waals surface area contributed by atoms with Crippen molar-refractivity contribution in [3.63, 3.8) is 0 Å². The highest BCUT2D eigenvalue weighted by molar-refractivity contribution is 9.10. The number of nitrogens with one attached hydrogen (secondary N) is 1. The number of carbonyl (C=O) groups excluding carboxylic acids is 1.